The third kappa shape index (κ3) is 3.14. The predicted octanol–water partition coefficient (Wildman–Crippen LogP) is 3.14. The molecule has 0 bridgehead atoms. The first-order valence-electron chi connectivity index (χ1n) is 7.36. The molecule has 2 aromatic rings. The Morgan fingerprint density at radius 2 is 1.87 bits per heavy atom. The van der Waals surface area contributed by atoms with E-state index in [-0.39, 0.29) is 5.91 Å². The SMILES string of the molecule is CCOC(=O)c1c(NC(=O)c2c(C)nn(C)c2C)sc(C)c1C. The lowest BCUT2D eigenvalue weighted by Crippen LogP contribution is -2.16. The molecule has 0 aliphatic carbocycles. The molecule has 2 rings (SSSR count). The fourth-order valence-electron chi connectivity index (χ4n) is 2.43. The summed E-state index contributed by atoms with van der Waals surface area (Å²) in [5.74, 6) is -0.677. The third-order valence-electron chi connectivity index (χ3n) is 3.83. The topological polar surface area (TPSA) is 73.2 Å². The molecule has 0 saturated heterocycles. The van der Waals surface area contributed by atoms with E-state index in [4.69, 9.17) is 4.74 Å². The van der Waals surface area contributed by atoms with Crippen molar-refractivity contribution < 1.29 is 14.3 Å². The number of anilines is 1. The average Bonchev–Trinajstić information content (AvgIpc) is 2.87. The summed E-state index contributed by atoms with van der Waals surface area (Å²) in [5.41, 5.74) is 3.24. The summed E-state index contributed by atoms with van der Waals surface area (Å²) in [7, 11) is 1.79. The van der Waals surface area contributed by atoms with Gasteiger partial charge in [-0.2, -0.15) is 5.10 Å². The number of rotatable bonds is 4. The van der Waals surface area contributed by atoms with Gasteiger partial charge in [0.05, 0.1) is 23.4 Å². The number of carbonyl (C=O) groups excluding carboxylic acids is 2. The average molecular weight is 335 g/mol. The molecule has 23 heavy (non-hydrogen) atoms. The number of aromatic nitrogens is 2. The molecule has 0 unspecified atom stereocenters. The van der Waals surface area contributed by atoms with Crippen LogP contribution < -0.4 is 5.32 Å². The van der Waals surface area contributed by atoms with Crippen molar-refractivity contribution in [1.29, 1.82) is 0 Å². The Kier molecular flexibility index (Phi) is 4.89. The maximum atomic E-state index is 12.6. The van der Waals surface area contributed by atoms with Gasteiger partial charge in [0.15, 0.2) is 0 Å². The first-order valence-corrected chi connectivity index (χ1v) is 8.18. The molecule has 0 saturated carbocycles. The summed E-state index contributed by atoms with van der Waals surface area (Å²) >= 11 is 1.38. The number of thiophene rings is 1. The van der Waals surface area contributed by atoms with Crippen molar-refractivity contribution in [3.63, 3.8) is 0 Å². The molecule has 1 amide bonds. The lowest BCUT2D eigenvalue weighted by atomic mass is 10.1. The maximum absolute atomic E-state index is 12.6. The number of nitrogens with zero attached hydrogens (tertiary/aromatic N) is 2. The highest BCUT2D eigenvalue weighted by Gasteiger charge is 2.24. The van der Waals surface area contributed by atoms with Crippen LogP contribution in [0.4, 0.5) is 5.00 Å². The number of ether oxygens (including phenoxy) is 1. The number of hydrogen-bond donors (Lipinski definition) is 1. The molecule has 1 N–H and O–H groups in total. The standard InChI is InChI=1S/C16H21N3O3S/c1-7-22-16(21)12-8(2)11(5)23-15(12)17-14(20)13-9(3)18-19(6)10(13)4/h7H2,1-6H3,(H,17,20). The van der Waals surface area contributed by atoms with Crippen LogP contribution in [-0.4, -0.2) is 28.3 Å². The van der Waals surface area contributed by atoms with Crippen molar-refractivity contribution >= 4 is 28.2 Å². The first-order chi connectivity index (χ1) is 10.8. The third-order valence-corrected chi connectivity index (χ3v) is 4.95. The molecule has 124 valence electrons. The van der Waals surface area contributed by atoms with Gasteiger partial charge in [0.1, 0.15) is 5.00 Å². The molecule has 0 fully saturated rings. The minimum Gasteiger partial charge on any atom is -0.462 e. The Morgan fingerprint density at radius 1 is 1.22 bits per heavy atom. The largest absolute Gasteiger partial charge is 0.462 e. The van der Waals surface area contributed by atoms with Gasteiger partial charge in [0.2, 0.25) is 0 Å². The summed E-state index contributed by atoms with van der Waals surface area (Å²) in [5, 5.41) is 7.62. The van der Waals surface area contributed by atoms with E-state index in [0.29, 0.717) is 28.4 Å². The molecule has 6 nitrogen and oxygen atoms in total. The highest BCUT2D eigenvalue weighted by molar-refractivity contribution is 7.16. The minimum absolute atomic E-state index is 0.264. The molecule has 2 aromatic heterocycles. The second-order valence-electron chi connectivity index (χ2n) is 5.33. The van der Waals surface area contributed by atoms with Crippen molar-refractivity contribution in [3.05, 3.63) is 33.0 Å². The summed E-state index contributed by atoms with van der Waals surface area (Å²) in [6, 6.07) is 0. The van der Waals surface area contributed by atoms with Crippen LogP contribution in [0.2, 0.25) is 0 Å². The smallest absolute Gasteiger partial charge is 0.341 e. The molecule has 0 aliphatic rings. The molecular weight excluding hydrogens is 314 g/mol. The number of hydrogen-bond acceptors (Lipinski definition) is 5. The lowest BCUT2D eigenvalue weighted by Gasteiger charge is -2.07. The number of carbonyl (C=O) groups is 2. The van der Waals surface area contributed by atoms with Crippen LogP contribution in [0.25, 0.3) is 0 Å². The maximum Gasteiger partial charge on any atom is 0.341 e. The fraction of sp³-hybridized carbons (Fsp3) is 0.438. The quantitative estimate of drug-likeness (QED) is 0.871. The van der Waals surface area contributed by atoms with Gasteiger partial charge in [-0.15, -0.1) is 11.3 Å². The van der Waals surface area contributed by atoms with E-state index in [2.05, 4.69) is 10.4 Å². The van der Waals surface area contributed by atoms with E-state index < -0.39 is 5.97 Å². The molecule has 0 radical (unpaired) electrons. The highest BCUT2D eigenvalue weighted by atomic mass is 32.1. The van der Waals surface area contributed by atoms with Crippen LogP contribution in [0.15, 0.2) is 0 Å². The van der Waals surface area contributed by atoms with Crippen LogP contribution >= 0.6 is 11.3 Å². The minimum atomic E-state index is -0.413. The van der Waals surface area contributed by atoms with E-state index in [1.54, 1.807) is 25.6 Å². The molecular formula is C16H21N3O3S. The molecule has 2 heterocycles. The van der Waals surface area contributed by atoms with Gasteiger partial charge >= 0.3 is 5.97 Å². The number of nitrogens with one attached hydrogen (secondary N) is 1. The van der Waals surface area contributed by atoms with Crippen molar-refractivity contribution in [2.24, 2.45) is 7.05 Å². The van der Waals surface area contributed by atoms with Gasteiger partial charge < -0.3 is 10.1 Å². The summed E-state index contributed by atoms with van der Waals surface area (Å²) < 4.78 is 6.77. The van der Waals surface area contributed by atoms with Crippen LogP contribution in [0.1, 0.15) is 49.5 Å². The molecule has 0 spiro atoms. The first kappa shape index (κ1) is 17.2. The van der Waals surface area contributed by atoms with E-state index >= 15 is 0 Å². The zero-order chi connectivity index (χ0) is 17.3. The van der Waals surface area contributed by atoms with Crippen molar-refractivity contribution in [3.8, 4) is 0 Å². The van der Waals surface area contributed by atoms with Gasteiger partial charge in [-0.05, 0) is 40.2 Å². The predicted molar refractivity (Wildman–Crippen MR) is 90.4 cm³/mol. The molecule has 0 aliphatic heterocycles. The Hall–Kier alpha value is -2.15. The summed E-state index contributed by atoms with van der Waals surface area (Å²) in [4.78, 5) is 25.8. The van der Waals surface area contributed by atoms with Crippen LogP contribution in [-0.2, 0) is 11.8 Å². The Labute approximate surface area is 139 Å². The Morgan fingerprint density at radius 3 is 2.39 bits per heavy atom. The van der Waals surface area contributed by atoms with Crippen LogP contribution in [0, 0.1) is 27.7 Å². The van der Waals surface area contributed by atoms with Crippen molar-refractivity contribution in [2.45, 2.75) is 34.6 Å². The number of esters is 1. The molecule has 7 heteroatoms. The Bertz CT molecular complexity index is 774. The second kappa shape index (κ2) is 6.54. The van der Waals surface area contributed by atoms with Crippen molar-refractivity contribution in [1.82, 2.24) is 9.78 Å². The highest BCUT2D eigenvalue weighted by Crippen LogP contribution is 2.33. The van der Waals surface area contributed by atoms with E-state index in [1.165, 1.54) is 11.3 Å². The monoisotopic (exact) mass is 335 g/mol. The van der Waals surface area contributed by atoms with E-state index in [0.717, 1.165) is 16.1 Å². The van der Waals surface area contributed by atoms with E-state index in [9.17, 15) is 9.59 Å². The second-order valence-corrected chi connectivity index (χ2v) is 6.56. The van der Waals surface area contributed by atoms with Crippen molar-refractivity contribution in [2.75, 3.05) is 11.9 Å². The number of amides is 1. The lowest BCUT2D eigenvalue weighted by molar-refractivity contribution is 0.0527. The van der Waals surface area contributed by atoms with Gasteiger partial charge in [-0.25, -0.2) is 4.79 Å². The zero-order valence-corrected chi connectivity index (χ0v) is 15.1. The fourth-order valence-corrected chi connectivity index (χ4v) is 3.48. The van der Waals surface area contributed by atoms with Crippen LogP contribution in [0.3, 0.4) is 0 Å². The normalized spacial score (nSPS) is 10.7. The zero-order valence-electron chi connectivity index (χ0n) is 14.2. The molecule has 0 atom stereocenters. The summed E-state index contributed by atoms with van der Waals surface area (Å²) in [6.45, 7) is 9.45. The van der Waals surface area contributed by atoms with Crippen LogP contribution in [0.5, 0.6) is 0 Å². The van der Waals surface area contributed by atoms with Gasteiger partial charge in [-0.1, -0.05) is 0 Å². The van der Waals surface area contributed by atoms with Gasteiger partial charge in [0.25, 0.3) is 5.91 Å². The van der Waals surface area contributed by atoms with Gasteiger partial charge in [-0.3, -0.25) is 9.48 Å². The van der Waals surface area contributed by atoms with E-state index in [1.807, 2.05) is 20.8 Å². The van der Waals surface area contributed by atoms with Gasteiger partial charge in [0, 0.05) is 17.6 Å². The Balaban J connectivity index is 2.38. The molecule has 0 aromatic carbocycles. The summed E-state index contributed by atoms with van der Waals surface area (Å²) in [6.07, 6.45) is 0. The number of aryl methyl sites for hydroxylation is 3.